The molecule has 0 heterocycles. The first-order chi connectivity index (χ1) is 8.13. The molecule has 0 radical (unpaired) electrons. The molecule has 0 aromatic rings. The van der Waals surface area contributed by atoms with E-state index in [-0.39, 0.29) is 30.5 Å². The van der Waals surface area contributed by atoms with E-state index in [1.165, 1.54) is 4.90 Å². The molecule has 0 aromatic heterocycles. The molecule has 18 heavy (non-hydrogen) atoms. The van der Waals surface area contributed by atoms with E-state index < -0.39 is 15.8 Å². The highest BCUT2D eigenvalue weighted by atomic mass is 32.2. The molecule has 0 rings (SSSR count). The fraction of sp³-hybridized carbons (Fsp3) is 0.818. The van der Waals surface area contributed by atoms with E-state index >= 15 is 0 Å². The van der Waals surface area contributed by atoms with Crippen LogP contribution in [0.4, 0.5) is 0 Å². The van der Waals surface area contributed by atoms with Gasteiger partial charge in [0.25, 0.3) is 0 Å². The van der Waals surface area contributed by atoms with Crippen molar-refractivity contribution in [3.05, 3.63) is 0 Å². The molecule has 0 bridgehead atoms. The highest BCUT2D eigenvalue weighted by Gasteiger charge is 2.19. The third-order valence-corrected chi connectivity index (χ3v) is 3.72. The number of rotatable bonds is 8. The number of aliphatic carboxylic acids is 1. The molecule has 1 unspecified atom stereocenters. The number of carbonyl (C=O) groups is 2. The lowest BCUT2D eigenvalue weighted by Gasteiger charge is -2.24. The smallest absolute Gasteiger partial charge is 0.303 e. The van der Waals surface area contributed by atoms with Crippen molar-refractivity contribution in [2.45, 2.75) is 38.6 Å². The van der Waals surface area contributed by atoms with Crippen molar-refractivity contribution in [3.8, 4) is 0 Å². The van der Waals surface area contributed by atoms with Gasteiger partial charge in [0.1, 0.15) is 9.84 Å². The average molecular weight is 279 g/mol. The van der Waals surface area contributed by atoms with Crippen LogP contribution < -0.4 is 0 Å². The maximum absolute atomic E-state index is 11.7. The SMILES string of the molecule is CC(CS(C)(=O)=O)N(C)C(=O)CCCCC(=O)O. The molecule has 0 spiro atoms. The Bertz CT molecular complexity index is 390. The van der Waals surface area contributed by atoms with Crippen LogP contribution in [0.15, 0.2) is 0 Å². The quantitative estimate of drug-likeness (QED) is 0.654. The van der Waals surface area contributed by atoms with E-state index in [0.717, 1.165) is 6.26 Å². The maximum Gasteiger partial charge on any atom is 0.303 e. The van der Waals surface area contributed by atoms with Crippen LogP contribution in [0, 0.1) is 0 Å². The minimum atomic E-state index is -3.11. The molecule has 0 fully saturated rings. The van der Waals surface area contributed by atoms with Crippen LogP contribution in [0.5, 0.6) is 0 Å². The zero-order valence-electron chi connectivity index (χ0n) is 11.0. The number of nitrogens with zero attached hydrogens (tertiary/aromatic N) is 1. The number of hydrogen-bond donors (Lipinski definition) is 1. The molecular weight excluding hydrogens is 258 g/mol. The highest BCUT2D eigenvalue weighted by molar-refractivity contribution is 7.90. The van der Waals surface area contributed by atoms with Crippen LogP contribution >= 0.6 is 0 Å². The summed E-state index contributed by atoms with van der Waals surface area (Å²) in [5, 5.41) is 8.44. The zero-order chi connectivity index (χ0) is 14.3. The molecule has 0 aliphatic carbocycles. The molecule has 106 valence electrons. The van der Waals surface area contributed by atoms with Crippen molar-refractivity contribution >= 4 is 21.7 Å². The Morgan fingerprint density at radius 2 is 1.72 bits per heavy atom. The lowest BCUT2D eigenvalue weighted by molar-refractivity contribution is -0.137. The molecule has 7 heteroatoms. The lowest BCUT2D eigenvalue weighted by atomic mass is 10.1. The van der Waals surface area contributed by atoms with Crippen molar-refractivity contribution in [1.82, 2.24) is 4.90 Å². The summed E-state index contributed by atoms with van der Waals surface area (Å²) >= 11 is 0. The third-order valence-electron chi connectivity index (χ3n) is 2.63. The van der Waals surface area contributed by atoms with Gasteiger partial charge < -0.3 is 10.0 Å². The number of carboxylic acids is 1. The Balaban J connectivity index is 4.06. The van der Waals surface area contributed by atoms with Gasteiger partial charge in [-0.2, -0.15) is 0 Å². The molecule has 6 nitrogen and oxygen atoms in total. The van der Waals surface area contributed by atoms with Crippen LogP contribution in [0.1, 0.15) is 32.6 Å². The summed E-state index contributed by atoms with van der Waals surface area (Å²) in [5.74, 6) is -1.09. The highest BCUT2D eigenvalue weighted by Crippen LogP contribution is 2.06. The Morgan fingerprint density at radius 1 is 1.22 bits per heavy atom. The van der Waals surface area contributed by atoms with E-state index in [1.807, 2.05) is 0 Å². The molecule has 1 atom stereocenters. The third kappa shape index (κ3) is 8.05. The van der Waals surface area contributed by atoms with Gasteiger partial charge in [-0.05, 0) is 19.8 Å². The minimum absolute atomic E-state index is 0.0515. The first kappa shape index (κ1) is 16.9. The Hall–Kier alpha value is -1.11. The summed E-state index contributed by atoms with van der Waals surface area (Å²) in [7, 11) is -1.55. The van der Waals surface area contributed by atoms with Crippen molar-refractivity contribution in [3.63, 3.8) is 0 Å². The Kier molecular flexibility index (Phi) is 6.90. The lowest BCUT2D eigenvalue weighted by Crippen LogP contribution is -2.39. The van der Waals surface area contributed by atoms with E-state index in [1.54, 1.807) is 14.0 Å². The second kappa shape index (κ2) is 7.35. The van der Waals surface area contributed by atoms with Crippen molar-refractivity contribution in [2.75, 3.05) is 19.1 Å². The van der Waals surface area contributed by atoms with Gasteiger partial charge in [0.2, 0.25) is 5.91 Å². The van der Waals surface area contributed by atoms with Gasteiger partial charge in [-0.3, -0.25) is 9.59 Å². The van der Waals surface area contributed by atoms with Gasteiger partial charge in [-0.15, -0.1) is 0 Å². The number of unbranched alkanes of at least 4 members (excludes halogenated alkanes) is 1. The van der Waals surface area contributed by atoms with Gasteiger partial charge in [-0.25, -0.2) is 8.42 Å². The largest absolute Gasteiger partial charge is 0.481 e. The number of carbonyl (C=O) groups excluding carboxylic acids is 1. The molecule has 0 aromatic carbocycles. The predicted molar refractivity (Wildman–Crippen MR) is 68.0 cm³/mol. The average Bonchev–Trinajstić information content (AvgIpc) is 2.20. The van der Waals surface area contributed by atoms with Gasteiger partial charge >= 0.3 is 5.97 Å². The summed E-state index contributed by atoms with van der Waals surface area (Å²) in [6.07, 6.45) is 2.39. The second-order valence-electron chi connectivity index (χ2n) is 4.55. The van der Waals surface area contributed by atoms with Crippen LogP contribution in [0.3, 0.4) is 0 Å². The standard InChI is InChI=1S/C11H21NO5S/c1-9(8-18(3,16)17)12(2)10(13)6-4-5-7-11(14)15/h9H,4-8H2,1-3H3,(H,14,15). The van der Waals surface area contributed by atoms with Gasteiger partial charge in [-0.1, -0.05) is 0 Å². The van der Waals surface area contributed by atoms with Crippen LogP contribution in [-0.4, -0.2) is 55.4 Å². The fourth-order valence-electron chi connectivity index (χ4n) is 1.52. The molecule has 1 amide bonds. The summed E-state index contributed by atoms with van der Waals surface area (Å²) in [6, 6.07) is -0.369. The molecule has 0 aliphatic rings. The van der Waals surface area contributed by atoms with Crippen molar-refractivity contribution in [1.29, 1.82) is 0 Å². The number of carboxylic acid groups (broad SMARTS) is 1. The zero-order valence-corrected chi connectivity index (χ0v) is 11.9. The Morgan fingerprint density at radius 3 is 2.17 bits per heavy atom. The molecule has 1 N–H and O–H groups in total. The monoisotopic (exact) mass is 279 g/mol. The van der Waals surface area contributed by atoms with Crippen molar-refractivity contribution in [2.24, 2.45) is 0 Å². The van der Waals surface area contributed by atoms with Gasteiger partial charge in [0.05, 0.1) is 5.75 Å². The summed E-state index contributed by atoms with van der Waals surface area (Å²) < 4.78 is 22.2. The molecule has 0 aliphatic heterocycles. The molecule has 0 saturated carbocycles. The molecular formula is C11H21NO5S. The van der Waals surface area contributed by atoms with Crippen molar-refractivity contribution < 1.29 is 23.1 Å². The number of hydrogen-bond acceptors (Lipinski definition) is 4. The predicted octanol–water partition coefficient (Wildman–Crippen LogP) is 0.523. The first-order valence-corrected chi connectivity index (χ1v) is 7.84. The van der Waals surface area contributed by atoms with E-state index in [2.05, 4.69) is 0 Å². The van der Waals surface area contributed by atoms with E-state index in [4.69, 9.17) is 5.11 Å². The normalized spacial score (nSPS) is 13.1. The second-order valence-corrected chi connectivity index (χ2v) is 6.73. The minimum Gasteiger partial charge on any atom is -0.481 e. The Labute approximate surface area is 108 Å². The summed E-state index contributed by atoms with van der Waals surface area (Å²) in [4.78, 5) is 23.4. The van der Waals surface area contributed by atoms with E-state index in [0.29, 0.717) is 12.8 Å². The van der Waals surface area contributed by atoms with Crippen LogP contribution in [-0.2, 0) is 19.4 Å². The number of sulfone groups is 1. The maximum atomic E-state index is 11.7. The summed E-state index contributed by atoms with van der Waals surface area (Å²) in [6.45, 7) is 1.68. The molecule has 0 saturated heterocycles. The van der Waals surface area contributed by atoms with Crippen LogP contribution in [0.2, 0.25) is 0 Å². The number of amides is 1. The van der Waals surface area contributed by atoms with Crippen LogP contribution in [0.25, 0.3) is 0 Å². The van der Waals surface area contributed by atoms with Gasteiger partial charge in [0.15, 0.2) is 0 Å². The first-order valence-electron chi connectivity index (χ1n) is 5.78. The topological polar surface area (TPSA) is 91.8 Å². The summed E-state index contributed by atoms with van der Waals surface area (Å²) in [5.41, 5.74) is 0. The van der Waals surface area contributed by atoms with Gasteiger partial charge in [0, 0.05) is 32.2 Å². The van der Waals surface area contributed by atoms with E-state index in [9.17, 15) is 18.0 Å². The fourth-order valence-corrected chi connectivity index (χ4v) is 2.62.